The molecule has 0 radical (unpaired) electrons. The Bertz CT molecular complexity index is 555. The van der Waals surface area contributed by atoms with E-state index in [1.165, 1.54) is 0 Å². The molecule has 0 bridgehead atoms. The number of carbonyl (C=O) groups is 1. The van der Waals surface area contributed by atoms with Crippen molar-refractivity contribution in [2.24, 2.45) is 5.92 Å². The normalized spacial score (nSPS) is 11.3. The summed E-state index contributed by atoms with van der Waals surface area (Å²) in [7, 11) is 0. The second-order valence-corrected chi connectivity index (χ2v) is 4.78. The van der Waals surface area contributed by atoms with Gasteiger partial charge in [0.1, 0.15) is 0 Å². The fraction of sp³-hybridized carbons (Fsp3) is 0.250. The summed E-state index contributed by atoms with van der Waals surface area (Å²) in [5.74, 6) is 0.187. The maximum Gasteiger partial charge on any atom is 0.200 e. The summed E-state index contributed by atoms with van der Waals surface area (Å²) in [6.07, 6.45) is 0. The van der Waals surface area contributed by atoms with Crippen LogP contribution in [0, 0.1) is 5.92 Å². The number of rotatable bonds is 2. The molecule has 0 saturated heterocycles. The predicted molar refractivity (Wildman–Crippen MR) is 65.4 cm³/mol. The van der Waals surface area contributed by atoms with Gasteiger partial charge in [0.25, 0.3) is 0 Å². The van der Waals surface area contributed by atoms with Crippen LogP contribution in [0.15, 0.2) is 22.6 Å². The Morgan fingerprint density at radius 1 is 1.25 bits per heavy atom. The molecular formula is C12H10Cl2O2. The molecule has 84 valence electrons. The Morgan fingerprint density at radius 2 is 1.94 bits per heavy atom. The van der Waals surface area contributed by atoms with E-state index in [1.54, 1.807) is 18.2 Å². The predicted octanol–water partition coefficient (Wildman–Crippen LogP) is 4.58. The van der Waals surface area contributed by atoms with E-state index in [-0.39, 0.29) is 11.7 Å². The Labute approximate surface area is 103 Å². The van der Waals surface area contributed by atoms with Crippen molar-refractivity contribution in [1.29, 1.82) is 0 Å². The number of hydrogen-bond donors (Lipinski definition) is 0. The lowest BCUT2D eigenvalue weighted by atomic mass is 10.1. The van der Waals surface area contributed by atoms with Crippen LogP contribution < -0.4 is 0 Å². The van der Waals surface area contributed by atoms with Gasteiger partial charge in [0, 0.05) is 16.3 Å². The topological polar surface area (TPSA) is 30.2 Å². The second kappa shape index (κ2) is 4.11. The van der Waals surface area contributed by atoms with Crippen molar-refractivity contribution >= 4 is 40.0 Å². The first-order valence-electron chi connectivity index (χ1n) is 4.92. The lowest BCUT2D eigenvalue weighted by Crippen LogP contribution is -2.05. The number of furan rings is 1. The number of Topliss-reactive ketones (excluding diaryl/α,β-unsaturated/α-hetero) is 1. The SMILES string of the molecule is CC(C)C(=O)c1cc2cc(Cl)cc(Cl)c2o1. The molecule has 0 fully saturated rings. The molecule has 0 N–H and O–H groups in total. The van der Waals surface area contributed by atoms with Gasteiger partial charge in [-0.1, -0.05) is 37.0 Å². The van der Waals surface area contributed by atoms with Crippen LogP contribution in [0.2, 0.25) is 10.0 Å². The number of fused-ring (bicyclic) bond motifs is 1. The minimum Gasteiger partial charge on any atom is -0.451 e. The van der Waals surface area contributed by atoms with Gasteiger partial charge in [-0.25, -0.2) is 0 Å². The van der Waals surface area contributed by atoms with Crippen LogP contribution in [0.4, 0.5) is 0 Å². The average molecular weight is 257 g/mol. The number of carbonyl (C=O) groups excluding carboxylic acids is 1. The standard InChI is InChI=1S/C12H10Cl2O2/c1-6(2)11(15)10-4-7-3-8(13)5-9(14)12(7)16-10/h3-6H,1-2H3. The third-order valence-electron chi connectivity index (χ3n) is 2.30. The lowest BCUT2D eigenvalue weighted by molar-refractivity contribution is 0.0913. The number of ketones is 1. The first-order chi connectivity index (χ1) is 7.49. The van der Waals surface area contributed by atoms with E-state index in [2.05, 4.69) is 0 Å². The van der Waals surface area contributed by atoms with E-state index in [0.717, 1.165) is 5.39 Å². The van der Waals surface area contributed by atoms with Gasteiger partial charge >= 0.3 is 0 Å². The molecule has 0 spiro atoms. The Kier molecular flexibility index (Phi) is 2.96. The van der Waals surface area contributed by atoms with E-state index in [0.29, 0.717) is 21.4 Å². The summed E-state index contributed by atoms with van der Waals surface area (Å²) in [6.45, 7) is 3.65. The molecule has 0 atom stereocenters. The third kappa shape index (κ3) is 1.95. The highest BCUT2D eigenvalue weighted by molar-refractivity contribution is 6.38. The summed E-state index contributed by atoms with van der Waals surface area (Å²) in [5, 5.41) is 1.70. The maximum absolute atomic E-state index is 11.7. The average Bonchev–Trinajstić information content (AvgIpc) is 2.60. The first-order valence-corrected chi connectivity index (χ1v) is 5.67. The number of benzene rings is 1. The van der Waals surface area contributed by atoms with Gasteiger partial charge in [-0.05, 0) is 18.2 Å². The number of hydrogen-bond acceptors (Lipinski definition) is 2. The monoisotopic (exact) mass is 256 g/mol. The van der Waals surface area contributed by atoms with E-state index in [4.69, 9.17) is 27.6 Å². The molecule has 2 aromatic rings. The molecule has 0 aliphatic carbocycles. The van der Waals surface area contributed by atoms with Crippen LogP contribution in [0.3, 0.4) is 0 Å². The van der Waals surface area contributed by atoms with Gasteiger partial charge in [-0.15, -0.1) is 0 Å². The number of halogens is 2. The molecule has 16 heavy (non-hydrogen) atoms. The minimum atomic E-state index is -0.102. The smallest absolute Gasteiger partial charge is 0.200 e. The van der Waals surface area contributed by atoms with Crippen LogP contribution in [0.25, 0.3) is 11.0 Å². The van der Waals surface area contributed by atoms with Crippen molar-refractivity contribution in [3.8, 4) is 0 Å². The highest BCUT2D eigenvalue weighted by atomic mass is 35.5. The highest BCUT2D eigenvalue weighted by Crippen LogP contribution is 2.31. The molecule has 0 aliphatic rings. The summed E-state index contributed by atoms with van der Waals surface area (Å²) < 4.78 is 5.44. The molecule has 0 amide bonds. The summed E-state index contributed by atoms with van der Waals surface area (Å²) in [5.41, 5.74) is 0.509. The van der Waals surface area contributed by atoms with Crippen molar-refractivity contribution in [3.05, 3.63) is 34.0 Å². The maximum atomic E-state index is 11.7. The van der Waals surface area contributed by atoms with Gasteiger partial charge in [0.15, 0.2) is 11.3 Å². The first kappa shape index (κ1) is 11.5. The molecule has 0 saturated carbocycles. The molecule has 1 aromatic heterocycles. The van der Waals surface area contributed by atoms with Crippen molar-refractivity contribution in [3.63, 3.8) is 0 Å². The largest absolute Gasteiger partial charge is 0.451 e. The van der Waals surface area contributed by atoms with Gasteiger partial charge in [-0.2, -0.15) is 0 Å². The fourth-order valence-electron chi connectivity index (χ4n) is 1.48. The third-order valence-corrected chi connectivity index (χ3v) is 2.80. The fourth-order valence-corrected chi connectivity index (χ4v) is 2.03. The van der Waals surface area contributed by atoms with Crippen molar-refractivity contribution in [1.82, 2.24) is 0 Å². The van der Waals surface area contributed by atoms with E-state index in [9.17, 15) is 4.79 Å². The van der Waals surface area contributed by atoms with Gasteiger partial charge < -0.3 is 4.42 Å². The van der Waals surface area contributed by atoms with Gasteiger partial charge in [-0.3, -0.25) is 4.79 Å². The lowest BCUT2D eigenvalue weighted by Gasteiger charge is -1.98. The van der Waals surface area contributed by atoms with Crippen molar-refractivity contribution in [2.75, 3.05) is 0 Å². The Balaban J connectivity index is 2.60. The van der Waals surface area contributed by atoms with Gasteiger partial charge in [0.05, 0.1) is 5.02 Å². The van der Waals surface area contributed by atoms with E-state index in [1.807, 2.05) is 13.8 Å². The molecule has 1 heterocycles. The quantitative estimate of drug-likeness (QED) is 0.737. The van der Waals surface area contributed by atoms with E-state index >= 15 is 0 Å². The van der Waals surface area contributed by atoms with Crippen LogP contribution in [0.5, 0.6) is 0 Å². The molecule has 2 rings (SSSR count). The minimum absolute atomic E-state index is 0.0385. The molecule has 0 aliphatic heterocycles. The summed E-state index contributed by atoms with van der Waals surface area (Å²) in [4.78, 5) is 11.7. The second-order valence-electron chi connectivity index (χ2n) is 3.94. The van der Waals surface area contributed by atoms with Crippen LogP contribution >= 0.6 is 23.2 Å². The highest BCUT2D eigenvalue weighted by Gasteiger charge is 2.17. The Morgan fingerprint density at radius 3 is 2.56 bits per heavy atom. The molecule has 1 aromatic carbocycles. The Hall–Kier alpha value is -0.990. The molecule has 2 nitrogen and oxygen atoms in total. The van der Waals surface area contributed by atoms with E-state index < -0.39 is 0 Å². The van der Waals surface area contributed by atoms with Crippen LogP contribution in [-0.4, -0.2) is 5.78 Å². The summed E-state index contributed by atoms with van der Waals surface area (Å²) >= 11 is 11.8. The zero-order valence-electron chi connectivity index (χ0n) is 8.88. The van der Waals surface area contributed by atoms with Crippen LogP contribution in [-0.2, 0) is 0 Å². The summed E-state index contributed by atoms with van der Waals surface area (Å²) in [6, 6.07) is 5.00. The molecular weight excluding hydrogens is 247 g/mol. The zero-order valence-corrected chi connectivity index (χ0v) is 10.4. The molecule has 0 unspecified atom stereocenters. The zero-order chi connectivity index (χ0) is 11.9. The van der Waals surface area contributed by atoms with Crippen molar-refractivity contribution < 1.29 is 9.21 Å². The van der Waals surface area contributed by atoms with Crippen molar-refractivity contribution in [2.45, 2.75) is 13.8 Å². The van der Waals surface area contributed by atoms with Gasteiger partial charge in [0.2, 0.25) is 5.78 Å². The molecule has 4 heteroatoms. The van der Waals surface area contributed by atoms with Crippen LogP contribution in [0.1, 0.15) is 24.4 Å².